The minimum atomic E-state index is -0.451. The molecule has 2 amide bonds. The van der Waals surface area contributed by atoms with E-state index in [1.165, 1.54) is 0 Å². The molecule has 1 atom stereocenters. The van der Waals surface area contributed by atoms with E-state index >= 15 is 0 Å². The fourth-order valence-electron chi connectivity index (χ4n) is 3.13. The van der Waals surface area contributed by atoms with Crippen LogP contribution in [0.4, 0.5) is 5.69 Å². The zero-order chi connectivity index (χ0) is 17.8. The van der Waals surface area contributed by atoms with Gasteiger partial charge in [-0.3, -0.25) is 9.59 Å². The summed E-state index contributed by atoms with van der Waals surface area (Å²) in [6, 6.07) is 16.7. The molecular weight excluding hydrogens is 336 g/mol. The number of benzene rings is 2. The van der Waals surface area contributed by atoms with Crippen LogP contribution >= 0.6 is 11.6 Å². The van der Waals surface area contributed by atoms with E-state index in [4.69, 9.17) is 11.6 Å². The molecule has 2 aromatic rings. The highest BCUT2D eigenvalue weighted by molar-refractivity contribution is 6.30. The molecule has 1 saturated heterocycles. The molecule has 0 aliphatic carbocycles. The van der Waals surface area contributed by atoms with Gasteiger partial charge in [0.05, 0.1) is 0 Å². The zero-order valence-corrected chi connectivity index (χ0v) is 14.9. The fraction of sp³-hybridized carbons (Fsp3) is 0.300. The van der Waals surface area contributed by atoms with Crippen molar-refractivity contribution in [2.45, 2.75) is 25.8 Å². The molecule has 5 heteroatoms. The third kappa shape index (κ3) is 4.02. The maximum absolute atomic E-state index is 12.7. The van der Waals surface area contributed by atoms with Crippen molar-refractivity contribution >= 4 is 29.1 Å². The summed E-state index contributed by atoms with van der Waals surface area (Å²) < 4.78 is 0. The Kier molecular flexibility index (Phi) is 5.39. The first-order chi connectivity index (χ1) is 12.1. The summed E-state index contributed by atoms with van der Waals surface area (Å²) in [4.78, 5) is 28.7. The summed E-state index contributed by atoms with van der Waals surface area (Å²) in [5, 5.41) is 0.638. The van der Waals surface area contributed by atoms with Crippen molar-refractivity contribution in [1.82, 2.24) is 4.90 Å². The first-order valence-corrected chi connectivity index (χ1v) is 8.84. The molecule has 0 radical (unpaired) electrons. The van der Waals surface area contributed by atoms with E-state index in [0.717, 1.165) is 11.3 Å². The van der Waals surface area contributed by atoms with Crippen LogP contribution in [0.5, 0.6) is 0 Å². The molecule has 0 saturated carbocycles. The SMILES string of the molecule is CC1C(=O)N(c2ccc(Cl)cc2)CCN1C(=O)CCc1ccccc1. The smallest absolute Gasteiger partial charge is 0.249 e. The Morgan fingerprint density at radius 2 is 1.76 bits per heavy atom. The van der Waals surface area contributed by atoms with Crippen LogP contribution in [0.1, 0.15) is 18.9 Å². The lowest BCUT2D eigenvalue weighted by Gasteiger charge is -2.39. The molecule has 1 unspecified atom stereocenters. The number of piperazine rings is 1. The number of aryl methyl sites for hydroxylation is 1. The number of halogens is 1. The number of anilines is 1. The molecule has 3 rings (SSSR count). The topological polar surface area (TPSA) is 40.6 Å². The summed E-state index contributed by atoms with van der Waals surface area (Å²) in [7, 11) is 0. The molecule has 0 spiro atoms. The van der Waals surface area contributed by atoms with E-state index in [1.54, 1.807) is 28.9 Å². The second-order valence-electron chi connectivity index (χ2n) is 6.21. The highest BCUT2D eigenvalue weighted by Gasteiger charge is 2.34. The van der Waals surface area contributed by atoms with Gasteiger partial charge in [0.15, 0.2) is 0 Å². The first-order valence-electron chi connectivity index (χ1n) is 8.46. The second-order valence-corrected chi connectivity index (χ2v) is 6.65. The predicted octanol–water partition coefficient (Wildman–Crippen LogP) is 3.54. The zero-order valence-electron chi connectivity index (χ0n) is 14.2. The third-order valence-electron chi connectivity index (χ3n) is 4.58. The number of nitrogens with zero attached hydrogens (tertiary/aromatic N) is 2. The molecule has 1 fully saturated rings. The van der Waals surface area contributed by atoms with Gasteiger partial charge in [0.25, 0.3) is 0 Å². The van der Waals surface area contributed by atoms with E-state index in [0.29, 0.717) is 31.0 Å². The summed E-state index contributed by atoms with van der Waals surface area (Å²) in [5.41, 5.74) is 1.95. The van der Waals surface area contributed by atoms with Gasteiger partial charge in [-0.1, -0.05) is 41.9 Å². The molecule has 1 aliphatic rings. The minimum absolute atomic E-state index is 0.0282. The summed E-state index contributed by atoms with van der Waals surface area (Å²) in [6.45, 7) is 2.84. The third-order valence-corrected chi connectivity index (χ3v) is 4.84. The monoisotopic (exact) mass is 356 g/mol. The summed E-state index contributed by atoms with van der Waals surface area (Å²) in [5.74, 6) is -0.0258. The Morgan fingerprint density at radius 3 is 2.44 bits per heavy atom. The van der Waals surface area contributed by atoms with Crippen LogP contribution in [0, 0.1) is 0 Å². The standard InChI is InChI=1S/C20H21ClN2O2/c1-15-20(25)23(18-10-8-17(21)9-11-18)14-13-22(15)19(24)12-7-16-5-3-2-4-6-16/h2-6,8-11,15H,7,12-14H2,1H3. The lowest BCUT2D eigenvalue weighted by Crippen LogP contribution is -2.57. The summed E-state index contributed by atoms with van der Waals surface area (Å²) >= 11 is 5.91. The summed E-state index contributed by atoms with van der Waals surface area (Å²) in [6.07, 6.45) is 1.11. The van der Waals surface area contributed by atoms with Crippen LogP contribution in [-0.2, 0) is 16.0 Å². The predicted molar refractivity (Wildman–Crippen MR) is 99.7 cm³/mol. The highest BCUT2D eigenvalue weighted by Crippen LogP contribution is 2.23. The van der Waals surface area contributed by atoms with Crippen LogP contribution in [0.15, 0.2) is 54.6 Å². The molecule has 1 aliphatic heterocycles. The molecule has 25 heavy (non-hydrogen) atoms. The Morgan fingerprint density at radius 1 is 1.08 bits per heavy atom. The van der Waals surface area contributed by atoms with Gasteiger partial charge < -0.3 is 9.80 Å². The van der Waals surface area contributed by atoms with Gasteiger partial charge in [0.2, 0.25) is 11.8 Å². The van der Waals surface area contributed by atoms with Crippen molar-refractivity contribution in [3.63, 3.8) is 0 Å². The molecule has 0 bridgehead atoms. The molecule has 1 heterocycles. The molecule has 4 nitrogen and oxygen atoms in total. The van der Waals surface area contributed by atoms with Crippen LogP contribution in [0.2, 0.25) is 5.02 Å². The van der Waals surface area contributed by atoms with Crippen molar-refractivity contribution < 1.29 is 9.59 Å². The quantitative estimate of drug-likeness (QED) is 0.840. The molecule has 0 N–H and O–H groups in total. The second kappa shape index (κ2) is 7.70. The van der Waals surface area contributed by atoms with Crippen molar-refractivity contribution in [2.75, 3.05) is 18.0 Å². The number of hydrogen-bond acceptors (Lipinski definition) is 2. The van der Waals surface area contributed by atoms with Gasteiger partial charge in [-0.15, -0.1) is 0 Å². The van der Waals surface area contributed by atoms with E-state index in [1.807, 2.05) is 42.5 Å². The minimum Gasteiger partial charge on any atom is -0.329 e. The van der Waals surface area contributed by atoms with E-state index in [9.17, 15) is 9.59 Å². The Labute approximate surface area is 153 Å². The Balaban J connectivity index is 1.62. The van der Waals surface area contributed by atoms with Crippen LogP contribution in [-0.4, -0.2) is 35.8 Å². The van der Waals surface area contributed by atoms with Crippen LogP contribution in [0.3, 0.4) is 0 Å². The average Bonchev–Trinajstić information content (AvgIpc) is 2.64. The first kappa shape index (κ1) is 17.5. The van der Waals surface area contributed by atoms with E-state index in [-0.39, 0.29) is 11.8 Å². The normalized spacial score (nSPS) is 17.7. The van der Waals surface area contributed by atoms with Crippen LogP contribution in [0.25, 0.3) is 0 Å². The maximum atomic E-state index is 12.7. The molecule has 2 aromatic carbocycles. The van der Waals surface area contributed by atoms with Crippen molar-refractivity contribution in [1.29, 1.82) is 0 Å². The average molecular weight is 357 g/mol. The number of rotatable bonds is 4. The lowest BCUT2D eigenvalue weighted by molar-refractivity contribution is -0.140. The van der Waals surface area contributed by atoms with Crippen molar-refractivity contribution in [3.05, 3.63) is 65.2 Å². The number of carbonyl (C=O) groups excluding carboxylic acids is 2. The maximum Gasteiger partial charge on any atom is 0.249 e. The van der Waals surface area contributed by atoms with Gasteiger partial charge in [-0.25, -0.2) is 0 Å². The van der Waals surface area contributed by atoms with Gasteiger partial charge in [0.1, 0.15) is 6.04 Å². The van der Waals surface area contributed by atoms with Gasteiger partial charge >= 0.3 is 0 Å². The van der Waals surface area contributed by atoms with E-state index < -0.39 is 6.04 Å². The van der Waals surface area contributed by atoms with E-state index in [2.05, 4.69) is 0 Å². The Hall–Kier alpha value is -2.33. The lowest BCUT2D eigenvalue weighted by atomic mass is 10.1. The van der Waals surface area contributed by atoms with Crippen molar-refractivity contribution in [3.8, 4) is 0 Å². The number of hydrogen-bond donors (Lipinski definition) is 0. The van der Waals surface area contributed by atoms with Crippen molar-refractivity contribution in [2.24, 2.45) is 0 Å². The van der Waals surface area contributed by atoms with Crippen LogP contribution < -0.4 is 4.90 Å². The van der Waals surface area contributed by atoms with Gasteiger partial charge in [0, 0.05) is 30.2 Å². The number of amides is 2. The molecule has 0 aromatic heterocycles. The van der Waals surface area contributed by atoms with Gasteiger partial charge in [-0.05, 0) is 43.2 Å². The molecule has 130 valence electrons. The largest absolute Gasteiger partial charge is 0.329 e. The fourth-order valence-corrected chi connectivity index (χ4v) is 3.25. The Bertz CT molecular complexity index is 746. The highest BCUT2D eigenvalue weighted by atomic mass is 35.5. The molecular formula is C20H21ClN2O2. The van der Waals surface area contributed by atoms with Gasteiger partial charge in [-0.2, -0.15) is 0 Å². The number of carbonyl (C=O) groups is 2.